The molecular formula is C19H28N4O2. The summed E-state index contributed by atoms with van der Waals surface area (Å²) in [4.78, 5) is 23.6. The number of anilines is 1. The SMILES string of the molecule is O=C(N1CCCC1)N1CCC[C@]2(COCCN(c3cccnc3)C2)C1. The first-order valence-corrected chi connectivity index (χ1v) is 9.52. The van der Waals surface area contributed by atoms with Crippen LogP contribution in [0, 0.1) is 5.41 Å². The molecule has 6 heteroatoms. The highest BCUT2D eigenvalue weighted by atomic mass is 16.5. The predicted molar refractivity (Wildman–Crippen MR) is 96.7 cm³/mol. The minimum absolute atomic E-state index is 0.0278. The fourth-order valence-electron chi connectivity index (χ4n) is 4.48. The van der Waals surface area contributed by atoms with E-state index < -0.39 is 0 Å². The maximum atomic E-state index is 12.9. The first-order chi connectivity index (χ1) is 12.3. The van der Waals surface area contributed by atoms with Gasteiger partial charge in [-0.3, -0.25) is 4.98 Å². The van der Waals surface area contributed by atoms with Crippen molar-refractivity contribution in [3.8, 4) is 0 Å². The number of hydrogen-bond acceptors (Lipinski definition) is 4. The molecule has 0 aromatic carbocycles. The van der Waals surface area contributed by atoms with Crippen LogP contribution in [-0.4, -0.2) is 73.3 Å². The van der Waals surface area contributed by atoms with E-state index in [1.165, 1.54) is 0 Å². The van der Waals surface area contributed by atoms with E-state index in [0.29, 0.717) is 0 Å². The van der Waals surface area contributed by atoms with Crippen molar-refractivity contribution in [1.29, 1.82) is 0 Å². The molecule has 0 N–H and O–H groups in total. The molecule has 1 spiro atoms. The second-order valence-electron chi connectivity index (χ2n) is 7.69. The molecule has 25 heavy (non-hydrogen) atoms. The molecule has 3 saturated heterocycles. The average molecular weight is 344 g/mol. The highest BCUT2D eigenvalue weighted by Gasteiger charge is 2.41. The third-order valence-corrected chi connectivity index (χ3v) is 5.76. The van der Waals surface area contributed by atoms with Gasteiger partial charge in [0.05, 0.1) is 25.1 Å². The van der Waals surface area contributed by atoms with Crippen molar-refractivity contribution >= 4 is 11.7 Å². The van der Waals surface area contributed by atoms with Gasteiger partial charge in [0.1, 0.15) is 0 Å². The lowest BCUT2D eigenvalue weighted by Crippen LogP contribution is -2.54. The Bertz CT molecular complexity index is 590. The van der Waals surface area contributed by atoms with Crippen molar-refractivity contribution in [3.05, 3.63) is 24.5 Å². The van der Waals surface area contributed by atoms with E-state index in [2.05, 4.69) is 20.9 Å². The molecule has 136 valence electrons. The Morgan fingerprint density at radius 1 is 1.08 bits per heavy atom. The van der Waals surface area contributed by atoms with Gasteiger partial charge >= 0.3 is 6.03 Å². The summed E-state index contributed by atoms with van der Waals surface area (Å²) < 4.78 is 5.98. The quantitative estimate of drug-likeness (QED) is 0.784. The Morgan fingerprint density at radius 2 is 1.92 bits per heavy atom. The molecule has 0 unspecified atom stereocenters. The Morgan fingerprint density at radius 3 is 2.72 bits per heavy atom. The molecule has 2 amide bonds. The van der Waals surface area contributed by atoms with Crippen LogP contribution >= 0.6 is 0 Å². The fourth-order valence-corrected chi connectivity index (χ4v) is 4.48. The minimum atomic E-state index is 0.0278. The largest absolute Gasteiger partial charge is 0.379 e. The molecule has 3 aliphatic heterocycles. The van der Waals surface area contributed by atoms with Crippen molar-refractivity contribution in [2.75, 3.05) is 57.4 Å². The lowest BCUT2D eigenvalue weighted by Gasteiger charge is -2.44. The number of carbonyl (C=O) groups excluding carboxylic acids is 1. The van der Waals surface area contributed by atoms with Crippen LogP contribution < -0.4 is 4.90 Å². The van der Waals surface area contributed by atoms with Gasteiger partial charge in [0.2, 0.25) is 0 Å². The van der Waals surface area contributed by atoms with Gasteiger partial charge in [0.25, 0.3) is 0 Å². The van der Waals surface area contributed by atoms with E-state index in [1.54, 1.807) is 0 Å². The number of piperidine rings is 1. The molecule has 3 aliphatic rings. The zero-order valence-electron chi connectivity index (χ0n) is 14.9. The number of hydrogen-bond donors (Lipinski definition) is 0. The highest BCUT2D eigenvalue weighted by Crippen LogP contribution is 2.35. The number of carbonyl (C=O) groups is 1. The summed E-state index contributed by atoms with van der Waals surface area (Å²) in [6.07, 6.45) is 8.20. The van der Waals surface area contributed by atoms with Gasteiger partial charge in [0, 0.05) is 50.9 Å². The minimum Gasteiger partial charge on any atom is -0.379 e. The molecule has 3 fully saturated rings. The molecule has 4 heterocycles. The smallest absolute Gasteiger partial charge is 0.320 e. The van der Waals surface area contributed by atoms with Crippen molar-refractivity contribution in [1.82, 2.24) is 14.8 Å². The number of urea groups is 1. The zero-order valence-corrected chi connectivity index (χ0v) is 14.9. The normalized spacial score (nSPS) is 27.6. The molecule has 0 aliphatic carbocycles. The van der Waals surface area contributed by atoms with Crippen LogP contribution in [0.1, 0.15) is 25.7 Å². The predicted octanol–water partition coefficient (Wildman–Crippen LogP) is 2.22. The van der Waals surface area contributed by atoms with E-state index in [1.807, 2.05) is 23.4 Å². The van der Waals surface area contributed by atoms with Crippen molar-refractivity contribution in [2.24, 2.45) is 5.41 Å². The lowest BCUT2D eigenvalue weighted by atomic mass is 9.80. The Kier molecular flexibility index (Phi) is 4.79. The van der Waals surface area contributed by atoms with Gasteiger partial charge in [-0.2, -0.15) is 0 Å². The van der Waals surface area contributed by atoms with Crippen LogP contribution in [0.5, 0.6) is 0 Å². The van der Waals surface area contributed by atoms with E-state index in [4.69, 9.17) is 4.74 Å². The molecule has 0 radical (unpaired) electrons. The second kappa shape index (κ2) is 7.20. The van der Waals surface area contributed by atoms with Crippen molar-refractivity contribution in [3.63, 3.8) is 0 Å². The number of nitrogens with zero attached hydrogens (tertiary/aromatic N) is 4. The van der Waals surface area contributed by atoms with Crippen LogP contribution in [0.15, 0.2) is 24.5 Å². The first-order valence-electron chi connectivity index (χ1n) is 9.52. The Labute approximate surface area is 149 Å². The monoisotopic (exact) mass is 344 g/mol. The number of aromatic nitrogens is 1. The molecular weight excluding hydrogens is 316 g/mol. The summed E-state index contributed by atoms with van der Waals surface area (Å²) >= 11 is 0. The summed E-state index contributed by atoms with van der Waals surface area (Å²) in [5.74, 6) is 0. The van der Waals surface area contributed by atoms with Crippen molar-refractivity contribution in [2.45, 2.75) is 25.7 Å². The Balaban J connectivity index is 1.49. The van der Waals surface area contributed by atoms with Gasteiger partial charge in [-0.05, 0) is 37.8 Å². The maximum Gasteiger partial charge on any atom is 0.320 e. The van der Waals surface area contributed by atoms with E-state index >= 15 is 0 Å². The molecule has 6 nitrogen and oxygen atoms in total. The van der Waals surface area contributed by atoms with Gasteiger partial charge < -0.3 is 19.4 Å². The summed E-state index contributed by atoms with van der Waals surface area (Å²) in [6, 6.07) is 4.33. The number of ether oxygens (including phenoxy) is 1. The van der Waals surface area contributed by atoms with Gasteiger partial charge in [0.15, 0.2) is 0 Å². The number of likely N-dealkylation sites (tertiary alicyclic amines) is 2. The first kappa shape index (κ1) is 16.6. The second-order valence-corrected chi connectivity index (χ2v) is 7.69. The number of pyridine rings is 1. The maximum absolute atomic E-state index is 12.9. The van der Waals surface area contributed by atoms with Crippen LogP contribution in [-0.2, 0) is 4.74 Å². The summed E-state index contributed by atoms with van der Waals surface area (Å²) in [6.45, 7) is 6.81. The number of rotatable bonds is 1. The van der Waals surface area contributed by atoms with E-state index in [9.17, 15) is 4.79 Å². The fraction of sp³-hybridized carbons (Fsp3) is 0.684. The van der Waals surface area contributed by atoms with E-state index in [0.717, 1.165) is 83.9 Å². The molecule has 0 bridgehead atoms. The third-order valence-electron chi connectivity index (χ3n) is 5.76. The number of amides is 2. The van der Waals surface area contributed by atoms with Crippen LogP contribution in [0.2, 0.25) is 0 Å². The van der Waals surface area contributed by atoms with Crippen LogP contribution in [0.4, 0.5) is 10.5 Å². The molecule has 4 rings (SSSR count). The molecule has 1 aromatic heterocycles. The van der Waals surface area contributed by atoms with Gasteiger partial charge in [-0.1, -0.05) is 0 Å². The lowest BCUT2D eigenvalue weighted by molar-refractivity contribution is 0.0200. The van der Waals surface area contributed by atoms with Gasteiger partial charge in [-0.15, -0.1) is 0 Å². The van der Waals surface area contributed by atoms with Crippen LogP contribution in [0.3, 0.4) is 0 Å². The zero-order chi connectivity index (χ0) is 17.1. The molecule has 1 atom stereocenters. The molecule has 0 saturated carbocycles. The summed E-state index contributed by atoms with van der Waals surface area (Å²) in [5, 5.41) is 0. The topological polar surface area (TPSA) is 48.9 Å². The van der Waals surface area contributed by atoms with Crippen molar-refractivity contribution < 1.29 is 9.53 Å². The highest BCUT2D eigenvalue weighted by molar-refractivity contribution is 5.75. The van der Waals surface area contributed by atoms with Gasteiger partial charge in [-0.25, -0.2) is 4.79 Å². The third kappa shape index (κ3) is 3.59. The summed E-state index contributed by atoms with van der Waals surface area (Å²) in [5.41, 5.74) is 1.18. The summed E-state index contributed by atoms with van der Waals surface area (Å²) in [7, 11) is 0. The molecule has 1 aromatic rings. The Hall–Kier alpha value is -1.82. The van der Waals surface area contributed by atoms with E-state index in [-0.39, 0.29) is 11.4 Å². The van der Waals surface area contributed by atoms with Crippen LogP contribution in [0.25, 0.3) is 0 Å². The average Bonchev–Trinajstić information content (AvgIpc) is 3.12. The standard InChI is InChI=1S/C19H28N4O2/c24-18(21-8-1-2-9-21)23-10-4-6-19(15-23)14-22(11-12-25-16-19)17-5-3-7-20-13-17/h3,5,7,13H,1-2,4,6,8-12,14-16H2/t19-/m1/s1.